The molecule has 0 aromatic heterocycles. The van der Waals surface area contributed by atoms with Crippen molar-refractivity contribution >= 4 is 10.8 Å². The van der Waals surface area contributed by atoms with E-state index < -0.39 is 5.41 Å². The molecule has 4 N–H and O–H groups in total. The van der Waals surface area contributed by atoms with Crippen LogP contribution < -0.4 is 0 Å². The molecule has 4 heteroatoms. The Labute approximate surface area is 168 Å². The van der Waals surface area contributed by atoms with Gasteiger partial charge in [-0.1, -0.05) is 61.5 Å². The van der Waals surface area contributed by atoms with Crippen LogP contribution in [0.2, 0.25) is 0 Å². The quantitative estimate of drug-likeness (QED) is 0.388. The maximum Gasteiger partial charge on any atom is 0.123 e. The van der Waals surface area contributed by atoms with E-state index in [1.54, 1.807) is 12.1 Å². The summed E-state index contributed by atoms with van der Waals surface area (Å²) in [5.41, 5.74) is 1.37. The number of phenols is 4. The highest BCUT2D eigenvalue weighted by Gasteiger charge is 2.34. The van der Waals surface area contributed by atoms with E-state index in [0.29, 0.717) is 17.5 Å². The fraction of sp³-hybridized carbons (Fsp3) is 0.120. The van der Waals surface area contributed by atoms with Gasteiger partial charge in [-0.25, -0.2) is 0 Å². The Kier molecular flexibility index (Phi) is 4.55. The second-order valence-corrected chi connectivity index (χ2v) is 7.59. The molecule has 0 saturated heterocycles. The van der Waals surface area contributed by atoms with Gasteiger partial charge in [-0.3, -0.25) is 0 Å². The smallest absolute Gasteiger partial charge is 0.123 e. The molecule has 0 fully saturated rings. The van der Waals surface area contributed by atoms with E-state index in [1.165, 1.54) is 24.3 Å². The lowest BCUT2D eigenvalue weighted by atomic mass is 9.71. The van der Waals surface area contributed by atoms with E-state index in [-0.39, 0.29) is 23.0 Å². The lowest BCUT2D eigenvalue weighted by Crippen LogP contribution is -2.27. The molecule has 0 saturated carbocycles. The van der Waals surface area contributed by atoms with E-state index >= 15 is 0 Å². The van der Waals surface area contributed by atoms with Crippen molar-refractivity contribution in [1.82, 2.24) is 0 Å². The summed E-state index contributed by atoms with van der Waals surface area (Å²) in [6.45, 7) is 1.93. The zero-order valence-electron chi connectivity index (χ0n) is 16.0. The van der Waals surface area contributed by atoms with Crippen molar-refractivity contribution in [3.05, 3.63) is 95.6 Å². The zero-order valence-corrected chi connectivity index (χ0v) is 16.0. The molecule has 0 bridgehead atoms. The summed E-state index contributed by atoms with van der Waals surface area (Å²) >= 11 is 0. The molecule has 29 heavy (non-hydrogen) atoms. The minimum Gasteiger partial charge on any atom is -0.508 e. The fourth-order valence-corrected chi connectivity index (χ4v) is 4.07. The maximum atomic E-state index is 10.6. The first-order valence-electron chi connectivity index (χ1n) is 9.39. The number of aromatic hydroxyl groups is 4. The summed E-state index contributed by atoms with van der Waals surface area (Å²) in [4.78, 5) is 0. The Bertz CT molecular complexity index is 1150. The van der Waals surface area contributed by atoms with Crippen molar-refractivity contribution in [2.24, 2.45) is 0 Å². The molecule has 146 valence electrons. The molecule has 0 spiro atoms. The molecule has 0 atom stereocenters. The van der Waals surface area contributed by atoms with Crippen LogP contribution >= 0.6 is 0 Å². The number of benzene rings is 4. The van der Waals surface area contributed by atoms with Crippen LogP contribution in [-0.2, 0) is 11.8 Å². The molecule has 4 aromatic carbocycles. The number of hydrogen-bond donors (Lipinski definition) is 4. The topological polar surface area (TPSA) is 80.9 Å². The minimum atomic E-state index is -0.808. The highest BCUT2D eigenvalue weighted by molar-refractivity contribution is 5.83. The highest BCUT2D eigenvalue weighted by atomic mass is 16.3. The monoisotopic (exact) mass is 386 g/mol. The van der Waals surface area contributed by atoms with Crippen molar-refractivity contribution in [3.63, 3.8) is 0 Å². The van der Waals surface area contributed by atoms with Crippen molar-refractivity contribution in [1.29, 1.82) is 0 Å². The van der Waals surface area contributed by atoms with Gasteiger partial charge >= 0.3 is 0 Å². The molecular weight excluding hydrogens is 364 g/mol. The van der Waals surface area contributed by atoms with Gasteiger partial charge < -0.3 is 20.4 Å². The predicted molar refractivity (Wildman–Crippen MR) is 114 cm³/mol. The van der Waals surface area contributed by atoms with Gasteiger partial charge in [0.25, 0.3) is 0 Å². The van der Waals surface area contributed by atoms with Crippen molar-refractivity contribution in [2.75, 3.05) is 0 Å². The normalized spacial score (nSPS) is 11.6. The standard InChI is InChI=1S/C25H22O4/c1-25(21-10-8-19(26)13-23(21)28,22-11-9-20(27)14-24(22)29)15-16-6-7-17-4-2-3-5-18(17)12-16/h2-14,26-29H,15H2,1H3. The van der Waals surface area contributed by atoms with Crippen LogP contribution in [0.5, 0.6) is 23.0 Å². The molecule has 0 heterocycles. The SMILES string of the molecule is CC(Cc1ccc2ccccc2c1)(c1ccc(O)cc1O)c1ccc(O)cc1O. The second kappa shape index (κ2) is 7.06. The number of fused-ring (bicyclic) bond motifs is 1. The van der Waals surface area contributed by atoms with Crippen LogP contribution in [0.3, 0.4) is 0 Å². The van der Waals surface area contributed by atoms with Crippen LogP contribution in [0.1, 0.15) is 23.6 Å². The van der Waals surface area contributed by atoms with Gasteiger partial charge in [0.15, 0.2) is 0 Å². The van der Waals surface area contributed by atoms with Gasteiger partial charge in [-0.15, -0.1) is 0 Å². The molecule has 0 aliphatic rings. The van der Waals surface area contributed by atoms with Gasteiger partial charge in [0.1, 0.15) is 23.0 Å². The maximum absolute atomic E-state index is 10.6. The first-order chi connectivity index (χ1) is 13.9. The molecule has 0 aliphatic heterocycles. The van der Waals surface area contributed by atoms with Crippen LogP contribution in [-0.4, -0.2) is 20.4 Å². The summed E-state index contributed by atoms with van der Waals surface area (Å²) in [6, 6.07) is 23.2. The van der Waals surface area contributed by atoms with Gasteiger partial charge in [0.05, 0.1) is 0 Å². The molecule has 4 aromatic rings. The Balaban J connectivity index is 1.89. The number of rotatable bonds is 4. The van der Waals surface area contributed by atoms with Gasteiger partial charge in [-0.05, 0) is 34.9 Å². The summed E-state index contributed by atoms with van der Waals surface area (Å²) in [5, 5.41) is 42.9. The van der Waals surface area contributed by atoms with Crippen molar-refractivity contribution in [2.45, 2.75) is 18.8 Å². The highest BCUT2D eigenvalue weighted by Crippen LogP contribution is 2.45. The molecule has 0 radical (unpaired) electrons. The fourth-order valence-electron chi connectivity index (χ4n) is 4.07. The van der Waals surface area contributed by atoms with E-state index in [9.17, 15) is 20.4 Å². The summed E-state index contributed by atoms with van der Waals surface area (Å²) in [5.74, 6) is -0.176. The third-order valence-corrected chi connectivity index (χ3v) is 5.52. The largest absolute Gasteiger partial charge is 0.508 e. The molecular formula is C25H22O4. The molecule has 4 nitrogen and oxygen atoms in total. The van der Waals surface area contributed by atoms with Crippen molar-refractivity contribution in [3.8, 4) is 23.0 Å². The first kappa shape index (κ1) is 18.7. The summed E-state index contributed by atoms with van der Waals surface area (Å²) < 4.78 is 0. The number of phenolic OH excluding ortho intramolecular Hbond substituents is 4. The third-order valence-electron chi connectivity index (χ3n) is 5.52. The Hall–Kier alpha value is -3.66. The molecule has 0 amide bonds. The summed E-state index contributed by atoms with van der Waals surface area (Å²) in [7, 11) is 0. The molecule has 4 rings (SSSR count). The third kappa shape index (κ3) is 3.45. The average Bonchev–Trinajstić information content (AvgIpc) is 2.67. The van der Waals surface area contributed by atoms with E-state index in [2.05, 4.69) is 18.2 Å². The Morgan fingerprint density at radius 3 is 1.72 bits per heavy atom. The lowest BCUT2D eigenvalue weighted by Gasteiger charge is -2.32. The van der Waals surface area contributed by atoms with Gasteiger partial charge in [0, 0.05) is 28.7 Å². The van der Waals surface area contributed by atoms with Crippen LogP contribution in [0, 0.1) is 0 Å². The first-order valence-corrected chi connectivity index (χ1v) is 9.39. The van der Waals surface area contributed by atoms with Crippen LogP contribution in [0.25, 0.3) is 10.8 Å². The average molecular weight is 386 g/mol. The Morgan fingerprint density at radius 1 is 0.621 bits per heavy atom. The summed E-state index contributed by atoms with van der Waals surface area (Å²) in [6.07, 6.45) is 0.495. The van der Waals surface area contributed by atoms with E-state index in [0.717, 1.165) is 16.3 Å². The minimum absolute atomic E-state index is 0.0331. The molecule has 0 unspecified atom stereocenters. The van der Waals surface area contributed by atoms with E-state index in [4.69, 9.17) is 0 Å². The predicted octanol–water partition coefficient (Wildman–Crippen LogP) is 5.21. The second-order valence-electron chi connectivity index (χ2n) is 7.59. The lowest BCUT2D eigenvalue weighted by molar-refractivity contribution is 0.413. The molecule has 0 aliphatic carbocycles. The number of hydrogen-bond acceptors (Lipinski definition) is 4. The van der Waals surface area contributed by atoms with Crippen LogP contribution in [0.15, 0.2) is 78.9 Å². The van der Waals surface area contributed by atoms with E-state index in [1.807, 2.05) is 31.2 Å². The van der Waals surface area contributed by atoms with Crippen LogP contribution in [0.4, 0.5) is 0 Å². The zero-order chi connectivity index (χ0) is 20.6. The van der Waals surface area contributed by atoms with Crippen molar-refractivity contribution < 1.29 is 20.4 Å². The Morgan fingerprint density at radius 2 is 1.17 bits per heavy atom. The van der Waals surface area contributed by atoms with Gasteiger partial charge in [-0.2, -0.15) is 0 Å². The van der Waals surface area contributed by atoms with Gasteiger partial charge in [0.2, 0.25) is 0 Å².